The van der Waals surface area contributed by atoms with Crippen LogP contribution in [0.2, 0.25) is 0 Å². The van der Waals surface area contributed by atoms with E-state index in [0.29, 0.717) is 6.42 Å². The molecule has 0 aliphatic rings. The second-order valence-electron chi connectivity index (χ2n) is 2.65. The van der Waals surface area contributed by atoms with Crippen LogP contribution in [0, 0.1) is 0 Å². The van der Waals surface area contributed by atoms with Crippen molar-refractivity contribution in [1.29, 1.82) is 0 Å². The van der Waals surface area contributed by atoms with E-state index in [0.717, 1.165) is 11.0 Å². The van der Waals surface area contributed by atoms with Crippen LogP contribution >= 0.6 is 0 Å². The number of hydrogen-bond acceptors (Lipinski definition) is 1. The zero-order valence-corrected chi connectivity index (χ0v) is 6.92. The maximum Gasteiger partial charge on any atom is 0.162 e. The van der Waals surface area contributed by atoms with Crippen LogP contribution in [0.3, 0.4) is 0 Å². The van der Waals surface area contributed by atoms with Gasteiger partial charge in [-0.25, -0.2) is 0 Å². The number of carbonyl (C=O) groups excluding carboxylic acids is 1. The number of Topliss-reactive ketones (excluding diaryl/α,β-unsaturated/α-hetero) is 1. The lowest BCUT2D eigenvalue weighted by Gasteiger charge is -1.97. The van der Waals surface area contributed by atoms with Crippen LogP contribution in [-0.4, -0.2) is 13.6 Å². The summed E-state index contributed by atoms with van der Waals surface area (Å²) in [5, 5.41) is 0. The third kappa shape index (κ3) is 1.94. The van der Waals surface area contributed by atoms with Crippen LogP contribution in [-0.2, 0) is 0 Å². The molecule has 0 aliphatic carbocycles. The van der Waals surface area contributed by atoms with Gasteiger partial charge >= 0.3 is 0 Å². The van der Waals surface area contributed by atoms with E-state index in [4.69, 9.17) is 0 Å². The van der Waals surface area contributed by atoms with E-state index in [9.17, 15) is 4.79 Å². The quantitative estimate of drug-likeness (QED) is 0.439. The maximum absolute atomic E-state index is 11.2. The van der Waals surface area contributed by atoms with Crippen molar-refractivity contribution in [3.8, 4) is 0 Å². The largest absolute Gasteiger partial charge is 0.294 e. The molecule has 0 fully saturated rings. The normalized spacial score (nSPS) is 9.55. The van der Waals surface area contributed by atoms with Crippen LogP contribution in [0.15, 0.2) is 24.3 Å². The van der Waals surface area contributed by atoms with E-state index in [2.05, 4.69) is 0 Å². The number of carbonyl (C=O) groups is 1. The minimum absolute atomic E-state index is 0.216. The number of rotatable bonds is 2. The summed E-state index contributed by atoms with van der Waals surface area (Å²) in [7, 11) is 1.99. The molecule has 0 bridgehead atoms. The smallest absolute Gasteiger partial charge is 0.162 e. The molecular weight excluding hydrogens is 135 g/mol. The highest BCUT2D eigenvalue weighted by Gasteiger charge is 2.00. The van der Waals surface area contributed by atoms with E-state index in [-0.39, 0.29) is 5.78 Å². The number of ketones is 1. The molecule has 2 heteroatoms. The Kier molecular flexibility index (Phi) is 2.47. The van der Waals surface area contributed by atoms with Crippen molar-refractivity contribution in [2.24, 2.45) is 0 Å². The second-order valence-corrected chi connectivity index (χ2v) is 2.65. The van der Waals surface area contributed by atoms with E-state index in [1.165, 1.54) is 0 Å². The molecular formula is C9H11BO. The minimum atomic E-state index is 0.216. The predicted octanol–water partition coefficient (Wildman–Crippen LogP) is 0.538. The molecule has 1 aromatic rings. The molecule has 1 rings (SSSR count). The van der Waals surface area contributed by atoms with Gasteiger partial charge in [-0.1, -0.05) is 36.7 Å². The molecule has 0 unspecified atom stereocenters. The summed E-state index contributed by atoms with van der Waals surface area (Å²) in [5.41, 5.74) is 1.97. The van der Waals surface area contributed by atoms with Crippen LogP contribution in [0.25, 0.3) is 0 Å². The standard InChI is InChI=1S/C9H11BO/c1-2-9(11)7-4-3-5-8(10)6-7/h3-6H,2,10H2,1H3. The third-order valence-electron chi connectivity index (χ3n) is 1.66. The summed E-state index contributed by atoms with van der Waals surface area (Å²) >= 11 is 0. The zero-order chi connectivity index (χ0) is 8.27. The zero-order valence-electron chi connectivity index (χ0n) is 6.92. The first-order valence-corrected chi connectivity index (χ1v) is 3.84. The Balaban J connectivity index is 2.96. The van der Waals surface area contributed by atoms with Gasteiger partial charge in [0.05, 0.1) is 0 Å². The van der Waals surface area contributed by atoms with E-state index in [1.54, 1.807) is 0 Å². The first-order chi connectivity index (χ1) is 5.24. The highest BCUT2D eigenvalue weighted by atomic mass is 16.1. The van der Waals surface area contributed by atoms with E-state index in [1.807, 2.05) is 39.0 Å². The average Bonchev–Trinajstić information content (AvgIpc) is 2.03. The summed E-state index contributed by atoms with van der Waals surface area (Å²) in [6.07, 6.45) is 0.587. The molecule has 0 saturated carbocycles. The van der Waals surface area contributed by atoms with Gasteiger partial charge in [0.15, 0.2) is 5.78 Å². The maximum atomic E-state index is 11.2. The third-order valence-corrected chi connectivity index (χ3v) is 1.66. The van der Waals surface area contributed by atoms with Gasteiger partial charge in [0.1, 0.15) is 7.85 Å². The van der Waals surface area contributed by atoms with Gasteiger partial charge < -0.3 is 0 Å². The van der Waals surface area contributed by atoms with Crippen molar-refractivity contribution >= 4 is 19.1 Å². The van der Waals surface area contributed by atoms with Crippen molar-refractivity contribution in [3.63, 3.8) is 0 Å². The van der Waals surface area contributed by atoms with Crippen molar-refractivity contribution < 1.29 is 4.79 Å². The van der Waals surface area contributed by atoms with Crippen LogP contribution < -0.4 is 5.46 Å². The molecule has 1 aromatic carbocycles. The van der Waals surface area contributed by atoms with Crippen molar-refractivity contribution in [2.75, 3.05) is 0 Å². The fourth-order valence-corrected chi connectivity index (χ4v) is 1.02. The highest BCUT2D eigenvalue weighted by Crippen LogP contribution is 1.99. The summed E-state index contributed by atoms with van der Waals surface area (Å²) in [6.45, 7) is 1.88. The molecule has 0 radical (unpaired) electrons. The molecule has 0 aliphatic heterocycles. The second kappa shape index (κ2) is 3.38. The SMILES string of the molecule is Bc1cccc(C(=O)CC)c1. The molecule has 0 aromatic heterocycles. The minimum Gasteiger partial charge on any atom is -0.294 e. The van der Waals surface area contributed by atoms with Crippen LogP contribution in [0.1, 0.15) is 23.7 Å². The van der Waals surface area contributed by atoms with Crippen molar-refractivity contribution in [3.05, 3.63) is 29.8 Å². The van der Waals surface area contributed by atoms with Crippen LogP contribution in [0.5, 0.6) is 0 Å². The summed E-state index contributed by atoms with van der Waals surface area (Å²) < 4.78 is 0. The first-order valence-electron chi connectivity index (χ1n) is 3.84. The molecule has 0 atom stereocenters. The van der Waals surface area contributed by atoms with Gasteiger partial charge in [-0.15, -0.1) is 0 Å². The number of benzene rings is 1. The van der Waals surface area contributed by atoms with Crippen molar-refractivity contribution in [2.45, 2.75) is 13.3 Å². The number of hydrogen-bond donors (Lipinski definition) is 0. The van der Waals surface area contributed by atoms with Gasteiger partial charge in [-0.05, 0) is 0 Å². The molecule has 0 N–H and O–H groups in total. The van der Waals surface area contributed by atoms with E-state index >= 15 is 0 Å². The molecule has 0 spiro atoms. The van der Waals surface area contributed by atoms with Gasteiger partial charge in [0.2, 0.25) is 0 Å². The lowest BCUT2D eigenvalue weighted by atomic mass is 9.93. The first kappa shape index (κ1) is 8.06. The van der Waals surface area contributed by atoms with E-state index < -0.39 is 0 Å². The lowest BCUT2D eigenvalue weighted by Crippen LogP contribution is -2.05. The molecule has 11 heavy (non-hydrogen) atoms. The Morgan fingerprint density at radius 1 is 1.55 bits per heavy atom. The van der Waals surface area contributed by atoms with Gasteiger partial charge in [0.25, 0.3) is 0 Å². The molecule has 56 valence electrons. The Bertz CT molecular complexity index is 268. The Morgan fingerprint density at radius 3 is 2.82 bits per heavy atom. The molecule has 1 nitrogen and oxygen atoms in total. The lowest BCUT2D eigenvalue weighted by molar-refractivity contribution is 0.0988. The van der Waals surface area contributed by atoms with Crippen LogP contribution in [0.4, 0.5) is 0 Å². The molecule has 0 saturated heterocycles. The average molecular weight is 146 g/mol. The van der Waals surface area contributed by atoms with Crippen molar-refractivity contribution in [1.82, 2.24) is 0 Å². The summed E-state index contributed by atoms with van der Waals surface area (Å²) in [6, 6.07) is 7.69. The highest BCUT2D eigenvalue weighted by molar-refractivity contribution is 6.32. The van der Waals surface area contributed by atoms with Gasteiger partial charge in [-0.3, -0.25) is 4.79 Å². The molecule has 0 heterocycles. The molecule has 0 amide bonds. The Labute approximate surface area is 67.8 Å². The van der Waals surface area contributed by atoms with Gasteiger partial charge in [0, 0.05) is 12.0 Å². The summed E-state index contributed by atoms with van der Waals surface area (Å²) in [5.74, 6) is 0.216. The van der Waals surface area contributed by atoms with Gasteiger partial charge in [-0.2, -0.15) is 0 Å². The fraction of sp³-hybridized carbons (Fsp3) is 0.222. The predicted molar refractivity (Wildman–Crippen MR) is 49.2 cm³/mol. The Morgan fingerprint density at radius 2 is 2.27 bits per heavy atom. The topological polar surface area (TPSA) is 17.1 Å². The summed E-state index contributed by atoms with van der Waals surface area (Å²) in [4.78, 5) is 11.2. The monoisotopic (exact) mass is 146 g/mol. The Hall–Kier alpha value is -1.05. The fourth-order valence-electron chi connectivity index (χ4n) is 1.02.